The van der Waals surface area contributed by atoms with Crippen LogP contribution in [0.25, 0.3) is 0 Å². The fourth-order valence-electron chi connectivity index (χ4n) is 5.97. The highest BCUT2D eigenvalue weighted by Gasteiger charge is 2.44. The van der Waals surface area contributed by atoms with Crippen LogP contribution in [-0.2, 0) is 20.4 Å². The van der Waals surface area contributed by atoms with Crippen molar-refractivity contribution in [3.05, 3.63) is 82.6 Å². The summed E-state index contributed by atoms with van der Waals surface area (Å²) in [7, 11) is 0. The third-order valence-electron chi connectivity index (χ3n) is 7.86. The third kappa shape index (κ3) is 5.37. The molecule has 2 aromatic carbocycles. The molecule has 0 atom stereocenters. The van der Waals surface area contributed by atoms with Gasteiger partial charge in [0, 0.05) is 71.3 Å². The molecule has 2 N–H and O–H groups in total. The van der Waals surface area contributed by atoms with Crippen molar-refractivity contribution in [2.45, 2.75) is 66.2 Å². The lowest BCUT2D eigenvalue weighted by atomic mass is 9.81. The molecule has 2 aromatic rings. The number of rotatable bonds is 7. The summed E-state index contributed by atoms with van der Waals surface area (Å²) in [6.07, 6.45) is 8.12. The van der Waals surface area contributed by atoms with Crippen LogP contribution in [0.4, 0.5) is 22.7 Å². The standard InChI is InChI=1S/C33H39ClN4O2/c1-9-37-28-15-13-24(35-21(3)39)19-26(28)32(5,6)30(37)17-11-23(34)12-18-31-33(7,8)27-20-25(36-22(4)40)14-16-29(27)38(31)10-2/h11-20H,9-10H2,1-8H3,(H-,35,36,39,40)/p+1. The molecule has 210 valence electrons. The van der Waals surface area contributed by atoms with Crippen molar-refractivity contribution in [3.63, 3.8) is 0 Å². The molecule has 0 bridgehead atoms. The number of hydrogen-bond acceptors (Lipinski definition) is 3. The molecule has 7 heteroatoms. The Kier molecular flexibility index (Phi) is 8.13. The number of nitrogens with one attached hydrogen (secondary N) is 2. The van der Waals surface area contributed by atoms with Crippen molar-refractivity contribution in [3.8, 4) is 0 Å². The van der Waals surface area contributed by atoms with Gasteiger partial charge in [-0.3, -0.25) is 9.59 Å². The highest BCUT2D eigenvalue weighted by Crippen LogP contribution is 2.48. The van der Waals surface area contributed by atoms with Gasteiger partial charge in [-0.1, -0.05) is 25.4 Å². The van der Waals surface area contributed by atoms with Crippen molar-refractivity contribution in [2.75, 3.05) is 28.6 Å². The molecule has 2 aliphatic heterocycles. The Morgan fingerprint density at radius 3 is 2.10 bits per heavy atom. The van der Waals surface area contributed by atoms with Crippen LogP contribution in [0.3, 0.4) is 0 Å². The lowest BCUT2D eigenvalue weighted by molar-refractivity contribution is -0.433. The molecular formula is C33H40ClN4O2+. The highest BCUT2D eigenvalue weighted by molar-refractivity contribution is 6.31. The van der Waals surface area contributed by atoms with Gasteiger partial charge in [-0.15, -0.1) is 0 Å². The minimum atomic E-state index is -0.258. The van der Waals surface area contributed by atoms with Crippen LogP contribution >= 0.6 is 11.6 Å². The molecule has 0 spiro atoms. The first kappa shape index (κ1) is 29.3. The van der Waals surface area contributed by atoms with Crippen LogP contribution in [0.5, 0.6) is 0 Å². The Morgan fingerprint density at radius 2 is 1.52 bits per heavy atom. The van der Waals surface area contributed by atoms with Crippen molar-refractivity contribution in [1.82, 2.24) is 0 Å². The van der Waals surface area contributed by atoms with E-state index in [-0.39, 0.29) is 22.6 Å². The first-order valence-electron chi connectivity index (χ1n) is 13.8. The summed E-state index contributed by atoms with van der Waals surface area (Å²) in [5, 5.41) is 6.43. The molecule has 0 unspecified atom stereocenters. The second-order valence-corrected chi connectivity index (χ2v) is 11.8. The molecule has 4 rings (SSSR count). The summed E-state index contributed by atoms with van der Waals surface area (Å²) >= 11 is 6.78. The predicted octanol–water partition coefficient (Wildman–Crippen LogP) is 7.38. The number of amides is 2. The second-order valence-electron chi connectivity index (χ2n) is 11.4. The van der Waals surface area contributed by atoms with Crippen LogP contribution in [0.2, 0.25) is 0 Å². The van der Waals surface area contributed by atoms with E-state index in [0.29, 0.717) is 5.03 Å². The molecule has 2 heterocycles. The van der Waals surface area contributed by atoms with Gasteiger partial charge in [0.25, 0.3) is 0 Å². The largest absolute Gasteiger partial charge is 0.344 e. The van der Waals surface area contributed by atoms with E-state index in [9.17, 15) is 9.59 Å². The maximum atomic E-state index is 11.6. The minimum Gasteiger partial charge on any atom is -0.344 e. The van der Waals surface area contributed by atoms with Crippen molar-refractivity contribution in [1.29, 1.82) is 0 Å². The van der Waals surface area contributed by atoms with Gasteiger partial charge in [0.15, 0.2) is 5.71 Å². The zero-order valence-corrected chi connectivity index (χ0v) is 25.5. The molecule has 0 fully saturated rings. The zero-order chi connectivity index (χ0) is 29.4. The molecule has 0 aromatic heterocycles. The Hall–Kier alpha value is -3.64. The molecule has 6 nitrogen and oxygen atoms in total. The summed E-state index contributed by atoms with van der Waals surface area (Å²) in [5.41, 5.74) is 8.02. The van der Waals surface area contributed by atoms with E-state index in [1.807, 2.05) is 24.3 Å². The van der Waals surface area contributed by atoms with E-state index >= 15 is 0 Å². The van der Waals surface area contributed by atoms with E-state index < -0.39 is 0 Å². The number of fused-ring (bicyclic) bond motifs is 2. The molecule has 0 aliphatic carbocycles. The summed E-state index contributed by atoms with van der Waals surface area (Å²) < 4.78 is 2.30. The fraction of sp³-hybridized carbons (Fsp3) is 0.364. The number of carbonyl (C=O) groups is 2. The molecule has 0 radical (unpaired) electrons. The average molecular weight is 560 g/mol. The number of allylic oxidation sites excluding steroid dienone is 6. The number of nitrogens with zero attached hydrogens (tertiary/aromatic N) is 2. The Bertz CT molecular complexity index is 1490. The summed E-state index contributed by atoms with van der Waals surface area (Å²) in [4.78, 5) is 25.5. The van der Waals surface area contributed by atoms with Crippen LogP contribution in [0, 0.1) is 0 Å². The number of benzene rings is 2. The summed E-state index contributed by atoms with van der Waals surface area (Å²) in [6, 6.07) is 12.2. The van der Waals surface area contributed by atoms with Gasteiger partial charge in [-0.2, -0.15) is 4.58 Å². The van der Waals surface area contributed by atoms with Crippen LogP contribution in [-0.4, -0.2) is 35.2 Å². The molecular weight excluding hydrogens is 520 g/mol. The van der Waals surface area contributed by atoms with Gasteiger partial charge in [0.05, 0.1) is 5.41 Å². The number of anilines is 3. The topological polar surface area (TPSA) is 64.5 Å². The number of hydrogen-bond donors (Lipinski definition) is 2. The second kappa shape index (κ2) is 11.1. The number of carbonyl (C=O) groups excluding carboxylic acids is 2. The maximum Gasteiger partial charge on any atom is 0.221 e. The smallest absolute Gasteiger partial charge is 0.221 e. The predicted molar refractivity (Wildman–Crippen MR) is 167 cm³/mol. The SMILES string of the molecule is CCN1C(=CC=C(Cl)C=CC2=[N+](CC)c3ccc(NC(C)=O)cc3C2(C)C)C(C)(C)c2cc(NC(C)=O)ccc21. The molecule has 2 aliphatic rings. The van der Waals surface area contributed by atoms with Crippen LogP contribution in [0.15, 0.2) is 71.4 Å². The van der Waals surface area contributed by atoms with Crippen molar-refractivity contribution in [2.24, 2.45) is 0 Å². The monoisotopic (exact) mass is 559 g/mol. The van der Waals surface area contributed by atoms with Crippen LogP contribution < -0.4 is 15.5 Å². The van der Waals surface area contributed by atoms with Crippen molar-refractivity contribution < 1.29 is 14.2 Å². The Morgan fingerprint density at radius 1 is 0.925 bits per heavy atom. The van der Waals surface area contributed by atoms with Gasteiger partial charge in [0.1, 0.15) is 6.54 Å². The van der Waals surface area contributed by atoms with E-state index in [1.54, 1.807) is 0 Å². The highest BCUT2D eigenvalue weighted by atomic mass is 35.5. The van der Waals surface area contributed by atoms with E-state index in [4.69, 9.17) is 11.6 Å². The molecule has 40 heavy (non-hydrogen) atoms. The molecule has 0 saturated heterocycles. The van der Waals surface area contributed by atoms with E-state index in [0.717, 1.165) is 47.2 Å². The third-order valence-corrected chi connectivity index (χ3v) is 8.11. The average Bonchev–Trinajstić information content (AvgIpc) is 3.22. The lowest BCUT2D eigenvalue weighted by Crippen LogP contribution is -2.27. The van der Waals surface area contributed by atoms with Crippen molar-refractivity contribution >= 4 is 51.9 Å². The van der Waals surface area contributed by atoms with Gasteiger partial charge in [0.2, 0.25) is 17.5 Å². The maximum absolute atomic E-state index is 11.6. The quantitative estimate of drug-likeness (QED) is 0.275. The minimum absolute atomic E-state index is 0.0819. The normalized spacial score (nSPS) is 18.4. The van der Waals surface area contributed by atoms with Gasteiger partial charge < -0.3 is 15.5 Å². The van der Waals surface area contributed by atoms with E-state index in [2.05, 4.69) is 98.1 Å². The van der Waals surface area contributed by atoms with Crippen LogP contribution in [0.1, 0.15) is 66.5 Å². The first-order chi connectivity index (χ1) is 18.8. The van der Waals surface area contributed by atoms with Gasteiger partial charge in [-0.05, 0) is 81.8 Å². The lowest BCUT2D eigenvalue weighted by Gasteiger charge is -2.25. The van der Waals surface area contributed by atoms with Gasteiger partial charge >= 0.3 is 0 Å². The molecule has 0 saturated carbocycles. The summed E-state index contributed by atoms with van der Waals surface area (Å²) in [6.45, 7) is 17.8. The van der Waals surface area contributed by atoms with Gasteiger partial charge in [-0.25, -0.2) is 0 Å². The fourth-order valence-corrected chi connectivity index (χ4v) is 6.09. The Balaban J connectivity index is 1.64. The number of halogens is 1. The zero-order valence-electron chi connectivity index (χ0n) is 24.8. The Labute approximate surface area is 243 Å². The summed E-state index contributed by atoms with van der Waals surface area (Å²) in [5.74, 6) is -0.164. The first-order valence-corrected chi connectivity index (χ1v) is 14.2. The molecule has 2 amide bonds. The van der Waals surface area contributed by atoms with E-state index in [1.165, 1.54) is 25.0 Å². The number of likely N-dealkylation sites (N-methyl/N-ethyl adjacent to an activating group) is 1.